The number of pyridine rings is 1. The first-order chi connectivity index (χ1) is 13.9. The number of aryl methyl sites for hydroxylation is 2. The van der Waals surface area contributed by atoms with Gasteiger partial charge in [-0.05, 0) is 37.0 Å². The third-order valence-electron chi connectivity index (χ3n) is 4.16. The molecule has 1 aliphatic rings. The molecule has 0 bridgehead atoms. The summed E-state index contributed by atoms with van der Waals surface area (Å²) >= 11 is 0. The van der Waals surface area contributed by atoms with E-state index < -0.39 is 24.1 Å². The van der Waals surface area contributed by atoms with Gasteiger partial charge in [0, 0.05) is 18.6 Å². The predicted octanol–water partition coefficient (Wildman–Crippen LogP) is 3.23. The van der Waals surface area contributed by atoms with Gasteiger partial charge in [-0.1, -0.05) is 0 Å². The van der Waals surface area contributed by atoms with E-state index in [1.54, 1.807) is 6.20 Å². The van der Waals surface area contributed by atoms with Gasteiger partial charge in [0.25, 0.3) is 5.91 Å². The number of nitrogens with zero attached hydrogens (tertiary/aromatic N) is 5. The summed E-state index contributed by atoms with van der Waals surface area (Å²) < 4.78 is 74.3. The van der Waals surface area contributed by atoms with E-state index in [2.05, 4.69) is 15.2 Å². The van der Waals surface area contributed by atoms with Crippen LogP contribution >= 0.6 is 0 Å². The summed E-state index contributed by atoms with van der Waals surface area (Å²) in [7, 11) is 0. The largest absolute Gasteiger partial charge is 0.504 e. The van der Waals surface area contributed by atoms with Crippen molar-refractivity contribution in [1.82, 2.24) is 24.5 Å². The van der Waals surface area contributed by atoms with Crippen LogP contribution in [0.3, 0.4) is 0 Å². The lowest BCUT2D eigenvalue weighted by Crippen LogP contribution is -2.17. The summed E-state index contributed by atoms with van der Waals surface area (Å²) in [6.07, 6.45) is -1.85. The Morgan fingerprint density at radius 3 is 2.37 bits per heavy atom. The monoisotopic (exact) mass is 432 g/mol. The summed E-state index contributed by atoms with van der Waals surface area (Å²) in [5.41, 5.74) is 6.05. The van der Waals surface area contributed by atoms with Gasteiger partial charge in [-0.3, -0.25) is 9.78 Å². The number of primary amides is 1. The molecule has 7 nitrogen and oxygen atoms in total. The van der Waals surface area contributed by atoms with E-state index in [0.717, 1.165) is 49.0 Å². The van der Waals surface area contributed by atoms with Gasteiger partial charge in [-0.2, -0.15) is 28.1 Å². The number of hydrogen-bond donors (Lipinski definition) is 1. The first kappa shape index (κ1) is 21.3. The van der Waals surface area contributed by atoms with Crippen molar-refractivity contribution < 1.29 is 31.1 Å². The number of carbonyl (C=O) groups excluding carboxylic acids is 1. The third-order valence-corrected chi connectivity index (χ3v) is 4.16. The summed E-state index contributed by atoms with van der Waals surface area (Å²) in [5.74, 6) is -0.939. The van der Waals surface area contributed by atoms with Crippen molar-refractivity contribution in [2.75, 3.05) is 0 Å². The molecule has 0 saturated carbocycles. The Balaban J connectivity index is 0.000000187. The molecule has 3 aromatic rings. The van der Waals surface area contributed by atoms with E-state index in [0.29, 0.717) is 11.9 Å². The number of aromatic nitrogens is 5. The second-order valence-corrected chi connectivity index (χ2v) is 6.30. The van der Waals surface area contributed by atoms with Crippen LogP contribution in [0.2, 0.25) is 0 Å². The number of hydrogen-bond acceptors (Lipinski definition) is 4. The van der Waals surface area contributed by atoms with Gasteiger partial charge in [0.1, 0.15) is 5.69 Å². The van der Waals surface area contributed by atoms with Crippen LogP contribution in [0, 0.1) is 0 Å². The van der Waals surface area contributed by atoms with E-state index in [4.69, 9.17) is 5.73 Å². The molecule has 0 atom stereocenters. The molecule has 4 rings (SSSR count). The van der Waals surface area contributed by atoms with Crippen molar-refractivity contribution >= 4 is 5.91 Å². The van der Waals surface area contributed by atoms with Crippen LogP contribution in [0.5, 0.6) is 0 Å². The molecule has 160 valence electrons. The molecule has 3 heterocycles. The quantitative estimate of drug-likeness (QED) is 0.630. The number of nitrogens with two attached hydrogens (primary N) is 1. The van der Waals surface area contributed by atoms with Gasteiger partial charge in [0.15, 0.2) is 0 Å². The van der Waals surface area contributed by atoms with Crippen LogP contribution in [-0.4, -0.2) is 30.5 Å². The zero-order valence-corrected chi connectivity index (χ0v) is 15.1. The van der Waals surface area contributed by atoms with E-state index in [9.17, 15) is 31.1 Å². The minimum absolute atomic E-state index is 0.271. The van der Waals surface area contributed by atoms with E-state index in [1.165, 1.54) is 10.7 Å². The number of amides is 1. The first-order valence-electron chi connectivity index (χ1n) is 8.48. The Labute approximate surface area is 165 Å². The van der Waals surface area contributed by atoms with E-state index >= 15 is 0 Å². The Bertz CT molecular complexity index is 1030. The van der Waals surface area contributed by atoms with Crippen molar-refractivity contribution in [2.45, 2.75) is 31.7 Å². The van der Waals surface area contributed by atoms with Gasteiger partial charge >= 0.3 is 12.5 Å². The summed E-state index contributed by atoms with van der Waals surface area (Å²) in [6.45, 7) is 0. The Kier molecular flexibility index (Phi) is 5.55. The maximum atomic E-state index is 12.6. The molecule has 1 amide bonds. The van der Waals surface area contributed by atoms with Crippen LogP contribution in [-0.2, 0) is 25.3 Å². The van der Waals surface area contributed by atoms with E-state index in [-0.39, 0.29) is 10.2 Å². The fourth-order valence-corrected chi connectivity index (χ4v) is 2.75. The number of rotatable bonds is 2. The molecule has 0 aromatic carbocycles. The first-order valence-corrected chi connectivity index (χ1v) is 8.48. The molecule has 0 aliphatic heterocycles. The van der Waals surface area contributed by atoms with Gasteiger partial charge in [-0.25, -0.2) is 4.68 Å². The minimum atomic E-state index is -4.60. The van der Waals surface area contributed by atoms with Gasteiger partial charge < -0.3 is 5.73 Å². The lowest BCUT2D eigenvalue weighted by molar-refractivity contribution is -0.212. The second kappa shape index (κ2) is 7.80. The highest BCUT2D eigenvalue weighted by molar-refractivity contribution is 5.92. The Hall–Kier alpha value is -3.38. The average Bonchev–Trinajstić information content (AvgIpc) is 3.37. The Morgan fingerprint density at radius 2 is 1.83 bits per heavy atom. The molecule has 0 radical (unpaired) electrons. The SMILES string of the molecule is FC(F)(F)c1cc(-n2cc3c(n2)CCC3)ccn1.NC(=O)c1cnn(C(F)(F)F)c1. The number of alkyl halides is 6. The molecule has 13 heteroatoms. The zero-order chi connectivity index (χ0) is 22.1. The molecular weight excluding hydrogens is 418 g/mol. The predicted molar refractivity (Wildman–Crippen MR) is 90.4 cm³/mol. The molecule has 0 saturated heterocycles. The van der Waals surface area contributed by atoms with E-state index in [1.807, 2.05) is 0 Å². The zero-order valence-electron chi connectivity index (χ0n) is 15.1. The highest BCUT2D eigenvalue weighted by Crippen LogP contribution is 2.29. The van der Waals surface area contributed by atoms with Crippen LogP contribution in [0.4, 0.5) is 26.3 Å². The Morgan fingerprint density at radius 1 is 1.10 bits per heavy atom. The van der Waals surface area contributed by atoms with Crippen molar-refractivity contribution in [3.63, 3.8) is 0 Å². The van der Waals surface area contributed by atoms with Crippen LogP contribution in [0.1, 0.15) is 33.7 Å². The molecule has 0 fully saturated rings. The van der Waals surface area contributed by atoms with Crippen molar-refractivity contribution in [3.8, 4) is 5.69 Å². The third kappa shape index (κ3) is 4.78. The molecule has 0 spiro atoms. The van der Waals surface area contributed by atoms with Crippen molar-refractivity contribution in [2.24, 2.45) is 5.73 Å². The summed E-state index contributed by atoms with van der Waals surface area (Å²) in [6, 6.07) is 2.54. The maximum absolute atomic E-state index is 12.6. The summed E-state index contributed by atoms with van der Waals surface area (Å²) in [5, 5.41) is 7.21. The maximum Gasteiger partial charge on any atom is 0.504 e. The fraction of sp³-hybridized carbons (Fsp3) is 0.294. The van der Waals surface area contributed by atoms with Gasteiger partial charge in [-0.15, -0.1) is 13.2 Å². The van der Waals surface area contributed by atoms with Crippen LogP contribution < -0.4 is 5.73 Å². The molecule has 3 aromatic heterocycles. The highest BCUT2D eigenvalue weighted by Gasteiger charge is 2.33. The molecule has 0 unspecified atom stereocenters. The topological polar surface area (TPSA) is 91.6 Å². The highest BCUT2D eigenvalue weighted by atomic mass is 19.4. The normalized spacial score (nSPS) is 13.5. The number of halogens is 6. The lowest BCUT2D eigenvalue weighted by Gasteiger charge is -2.07. The standard InChI is InChI=1S/C12H10F3N3.C5H4F3N3O/c13-12(14,15)11-6-9(4-5-16-11)18-7-8-2-1-3-10(8)17-18;6-5(7,8)11-2-3(1-10-11)4(9)12/h4-7H,1-3H2;1-2H,(H2,9,12). The number of carbonyl (C=O) groups is 1. The molecule has 30 heavy (non-hydrogen) atoms. The lowest BCUT2D eigenvalue weighted by atomic mass is 10.3. The van der Waals surface area contributed by atoms with Crippen molar-refractivity contribution in [3.05, 3.63) is 59.4 Å². The van der Waals surface area contributed by atoms with Crippen LogP contribution in [0.25, 0.3) is 5.69 Å². The summed E-state index contributed by atoms with van der Waals surface area (Å²) in [4.78, 5) is 13.7. The molecular formula is C17H14F6N6O. The molecule has 1 aliphatic carbocycles. The molecule has 2 N–H and O–H groups in total. The van der Waals surface area contributed by atoms with Crippen molar-refractivity contribution in [1.29, 1.82) is 0 Å². The number of fused-ring (bicyclic) bond motifs is 1. The second-order valence-electron chi connectivity index (χ2n) is 6.30. The van der Waals surface area contributed by atoms with Gasteiger partial charge in [0.2, 0.25) is 0 Å². The minimum Gasteiger partial charge on any atom is -0.366 e. The van der Waals surface area contributed by atoms with Gasteiger partial charge in [0.05, 0.1) is 23.1 Å². The smallest absolute Gasteiger partial charge is 0.366 e. The van der Waals surface area contributed by atoms with Crippen LogP contribution in [0.15, 0.2) is 36.9 Å². The average molecular weight is 432 g/mol. The fourth-order valence-electron chi connectivity index (χ4n) is 2.75.